The number of hydrogen-bond donors (Lipinski definition) is 2. The van der Waals surface area contributed by atoms with Crippen LogP contribution in [0.25, 0.3) is 0 Å². The first-order valence-electron chi connectivity index (χ1n) is 5.64. The number of halogens is 2. The van der Waals surface area contributed by atoms with E-state index in [1.165, 1.54) is 12.1 Å². The molecule has 0 aliphatic carbocycles. The van der Waals surface area contributed by atoms with Gasteiger partial charge in [-0.1, -0.05) is 18.3 Å². The van der Waals surface area contributed by atoms with Crippen LogP contribution in [0, 0.1) is 11.6 Å². The van der Waals surface area contributed by atoms with Crippen LogP contribution in [0.1, 0.15) is 15.9 Å². The third-order valence-corrected chi connectivity index (χ3v) is 2.86. The number of carbonyl (C=O) groups excluding carboxylic acids is 1. The maximum atomic E-state index is 13.5. The standard InChI is InChI=1S/C14H10F2N2OS/c15-11-3-1-2-10(12(11)16)14(19)18-9-6-4-8(5-7-9)13(17)20/h1-7H,(H2,17,20)(H,18,19). The number of amides is 1. The molecular formula is C14H10F2N2OS. The van der Waals surface area contributed by atoms with Gasteiger partial charge in [0, 0.05) is 11.3 Å². The average Bonchev–Trinajstić information content (AvgIpc) is 2.42. The van der Waals surface area contributed by atoms with Gasteiger partial charge in [-0.2, -0.15) is 0 Å². The quantitative estimate of drug-likeness (QED) is 0.855. The zero-order valence-electron chi connectivity index (χ0n) is 10.2. The van der Waals surface area contributed by atoms with Gasteiger partial charge in [-0.05, 0) is 36.4 Å². The van der Waals surface area contributed by atoms with Gasteiger partial charge in [-0.25, -0.2) is 8.78 Å². The van der Waals surface area contributed by atoms with Crippen LogP contribution in [-0.2, 0) is 0 Å². The van der Waals surface area contributed by atoms with Crippen LogP contribution in [0.2, 0.25) is 0 Å². The Morgan fingerprint density at radius 2 is 1.75 bits per heavy atom. The Hall–Kier alpha value is -2.34. The highest BCUT2D eigenvalue weighted by Gasteiger charge is 2.15. The lowest BCUT2D eigenvalue weighted by molar-refractivity contribution is 0.102. The van der Waals surface area contributed by atoms with Gasteiger partial charge >= 0.3 is 0 Å². The van der Waals surface area contributed by atoms with Crippen molar-refractivity contribution in [3.63, 3.8) is 0 Å². The molecule has 0 radical (unpaired) electrons. The van der Waals surface area contributed by atoms with Gasteiger partial charge in [0.05, 0.1) is 5.56 Å². The molecule has 0 spiro atoms. The topological polar surface area (TPSA) is 55.1 Å². The van der Waals surface area contributed by atoms with Crippen LogP contribution in [0.15, 0.2) is 42.5 Å². The van der Waals surface area contributed by atoms with E-state index in [4.69, 9.17) is 18.0 Å². The molecule has 20 heavy (non-hydrogen) atoms. The third kappa shape index (κ3) is 2.97. The maximum Gasteiger partial charge on any atom is 0.258 e. The fourth-order valence-electron chi connectivity index (χ4n) is 1.60. The molecule has 0 aliphatic heterocycles. The lowest BCUT2D eigenvalue weighted by Gasteiger charge is -2.07. The minimum absolute atomic E-state index is 0.235. The zero-order valence-corrected chi connectivity index (χ0v) is 11.0. The van der Waals surface area contributed by atoms with E-state index in [1.54, 1.807) is 24.3 Å². The fraction of sp³-hybridized carbons (Fsp3) is 0. The van der Waals surface area contributed by atoms with Crippen molar-refractivity contribution in [3.05, 3.63) is 65.2 Å². The van der Waals surface area contributed by atoms with Crippen molar-refractivity contribution >= 4 is 28.8 Å². The van der Waals surface area contributed by atoms with E-state index < -0.39 is 17.5 Å². The van der Waals surface area contributed by atoms with Crippen molar-refractivity contribution in [2.75, 3.05) is 5.32 Å². The predicted molar refractivity (Wildman–Crippen MR) is 76.6 cm³/mol. The number of nitrogens with one attached hydrogen (secondary N) is 1. The smallest absolute Gasteiger partial charge is 0.258 e. The number of nitrogens with two attached hydrogens (primary N) is 1. The highest BCUT2D eigenvalue weighted by atomic mass is 32.1. The summed E-state index contributed by atoms with van der Waals surface area (Å²) in [5.74, 6) is -2.98. The summed E-state index contributed by atoms with van der Waals surface area (Å²) in [5.41, 5.74) is 6.16. The number of hydrogen-bond acceptors (Lipinski definition) is 2. The van der Waals surface area contributed by atoms with E-state index in [1.807, 2.05) is 0 Å². The summed E-state index contributed by atoms with van der Waals surface area (Å²) in [6, 6.07) is 9.82. The molecule has 0 saturated heterocycles. The van der Waals surface area contributed by atoms with Crippen molar-refractivity contribution < 1.29 is 13.6 Å². The minimum Gasteiger partial charge on any atom is -0.389 e. The summed E-state index contributed by atoms with van der Waals surface area (Å²) in [6.07, 6.45) is 0. The Bertz CT molecular complexity index is 671. The first kappa shape index (κ1) is 14.1. The minimum atomic E-state index is -1.18. The van der Waals surface area contributed by atoms with Gasteiger partial charge in [-0.3, -0.25) is 4.79 Å². The van der Waals surface area contributed by atoms with Crippen LogP contribution in [0.4, 0.5) is 14.5 Å². The van der Waals surface area contributed by atoms with Crippen molar-refractivity contribution in [1.82, 2.24) is 0 Å². The van der Waals surface area contributed by atoms with Crippen LogP contribution in [0.3, 0.4) is 0 Å². The monoisotopic (exact) mass is 292 g/mol. The van der Waals surface area contributed by atoms with E-state index in [0.29, 0.717) is 11.3 Å². The van der Waals surface area contributed by atoms with Crippen LogP contribution in [-0.4, -0.2) is 10.9 Å². The van der Waals surface area contributed by atoms with E-state index >= 15 is 0 Å². The Morgan fingerprint density at radius 1 is 1.10 bits per heavy atom. The highest BCUT2D eigenvalue weighted by Crippen LogP contribution is 2.15. The van der Waals surface area contributed by atoms with Crippen molar-refractivity contribution in [2.24, 2.45) is 5.73 Å². The summed E-state index contributed by atoms with van der Waals surface area (Å²) in [5, 5.41) is 2.46. The first-order chi connectivity index (χ1) is 9.49. The Morgan fingerprint density at radius 3 is 2.35 bits per heavy atom. The predicted octanol–water partition coefficient (Wildman–Crippen LogP) is 2.85. The molecule has 6 heteroatoms. The Kier molecular flexibility index (Phi) is 4.05. The summed E-state index contributed by atoms with van der Waals surface area (Å²) in [7, 11) is 0. The molecule has 0 bridgehead atoms. The van der Waals surface area contributed by atoms with Gasteiger partial charge in [0.1, 0.15) is 4.99 Å². The molecule has 102 valence electrons. The van der Waals surface area contributed by atoms with E-state index in [0.717, 1.165) is 6.07 Å². The molecule has 0 aromatic heterocycles. The fourth-order valence-corrected chi connectivity index (χ4v) is 1.73. The normalized spacial score (nSPS) is 10.1. The number of carbonyl (C=O) groups is 1. The number of rotatable bonds is 3. The number of benzene rings is 2. The molecule has 2 aromatic rings. The van der Waals surface area contributed by atoms with E-state index in [2.05, 4.69) is 5.32 Å². The van der Waals surface area contributed by atoms with Crippen LogP contribution < -0.4 is 11.1 Å². The molecule has 3 N–H and O–H groups in total. The maximum absolute atomic E-state index is 13.5. The molecule has 0 saturated carbocycles. The summed E-state index contributed by atoms with van der Waals surface area (Å²) in [6.45, 7) is 0. The molecule has 1 amide bonds. The molecule has 2 rings (SSSR count). The van der Waals surface area contributed by atoms with Crippen molar-refractivity contribution in [1.29, 1.82) is 0 Å². The lowest BCUT2D eigenvalue weighted by atomic mass is 10.1. The van der Waals surface area contributed by atoms with E-state index in [-0.39, 0.29) is 10.6 Å². The number of thiocarbonyl (C=S) groups is 1. The van der Waals surface area contributed by atoms with Gasteiger partial charge in [0.25, 0.3) is 5.91 Å². The van der Waals surface area contributed by atoms with Crippen molar-refractivity contribution in [2.45, 2.75) is 0 Å². The van der Waals surface area contributed by atoms with Gasteiger partial charge in [0.15, 0.2) is 11.6 Å². The van der Waals surface area contributed by atoms with Crippen LogP contribution >= 0.6 is 12.2 Å². The number of anilines is 1. The Labute approximate surface area is 119 Å². The molecule has 0 heterocycles. The molecular weight excluding hydrogens is 282 g/mol. The van der Waals surface area contributed by atoms with Gasteiger partial charge in [-0.15, -0.1) is 0 Å². The second-order valence-electron chi connectivity index (χ2n) is 4.00. The highest BCUT2D eigenvalue weighted by molar-refractivity contribution is 7.80. The summed E-state index contributed by atoms with van der Waals surface area (Å²) < 4.78 is 26.5. The average molecular weight is 292 g/mol. The van der Waals surface area contributed by atoms with Crippen LogP contribution in [0.5, 0.6) is 0 Å². The summed E-state index contributed by atoms with van der Waals surface area (Å²) >= 11 is 4.80. The molecule has 3 nitrogen and oxygen atoms in total. The zero-order chi connectivity index (χ0) is 14.7. The van der Waals surface area contributed by atoms with Crippen molar-refractivity contribution in [3.8, 4) is 0 Å². The molecule has 0 aliphatic rings. The second-order valence-corrected chi connectivity index (χ2v) is 4.44. The van der Waals surface area contributed by atoms with Gasteiger partial charge < -0.3 is 11.1 Å². The molecule has 0 atom stereocenters. The molecule has 0 unspecified atom stereocenters. The second kappa shape index (κ2) is 5.75. The Balaban J connectivity index is 2.19. The first-order valence-corrected chi connectivity index (χ1v) is 6.05. The SMILES string of the molecule is NC(=S)c1ccc(NC(=O)c2cccc(F)c2F)cc1. The molecule has 2 aromatic carbocycles. The van der Waals surface area contributed by atoms with E-state index in [9.17, 15) is 13.6 Å². The molecule has 0 fully saturated rings. The largest absolute Gasteiger partial charge is 0.389 e. The lowest BCUT2D eigenvalue weighted by Crippen LogP contribution is -2.15. The third-order valence-electron chi connectivity index (χ3n) is 2.62. The van der Waals surface area contributed by atoms with Gasteiger partial charge in [0.2, 0.25) is 0 Å². The summed E-state index contributed by atoms with van der Waals surface area (Å²) in [4.78, 5) is 12.1.